The number of aliphatic hydroxyl groups excluding tert-OH is 1. The van der Waals surface area contributed by atoms with Crippen LogP contribution in [-0.4, -0.2) is 12.2 Å². The van der Waals surface area contributed by atoms with Crippen LogP contribution >= 0.6 is 0 Å². The number of nitrogens with one attached hydrogen (secondary N) is 1. The van der Waals surface area contributed by atoms with Crippen LogP contribution in [0.15, 0.2) is 24.4 Å². The van der Waals surface area contributed by atoms with Crippen LogP contribution in [0.4, 0.5) is 0 Å². The molecule has 0 aliphatic rings. The Bertz CT molecular complexity index is 356. The Morgan fingerprint density at radius 2 is 2.07 bits per heavy atom. The van der Waals surface area contributed by atoms with Crippen molar-refractivity contribution < 1.29 is 5.11 Å². The minimum Gasteiger partial charge on any atom is -0.394 e. The Morgan fingerprint density at radius 1 is 1.33 bits per heavy atom. The molecule has 0 aliphatic carbocycles. The van der Waals surface area contributed by atoms with E-state index in [9.17, 15) is 5.11 Å². The van der Waals surface area contributed by atoms with Crippen LogP contribution in [0.5, 0.6) is 0 Å². The lowest BCUT2D eigenvalue weighted by molar-refractivity contribution is 0.280. The summed E-state index contributed by atoms with van der Waals surface area (Å²) in [6, 6.07) is 4.21. The average molecular weight is 205 g/mol. The van der Waals surface area contributed by atoms with E-state index in [-0.39, 0.29) is 6.61 Å². The normalized spacial score (nSPS) is 10.9. The van der Waals surface area contributed by atoms with Gasteiger partial charge >= 0.3 is 0 Å². The predicted molar refractivity (Wildman–Crippen MR) is 63.7 cm³/mol. The van der Waals surface area contributed by atoms with Gasteiger partial charge in [0.25, 0.3) is 0 Å². The Balaban J connectivity index is 2.98. The van der Waals surface area contributed by atoms with Crippen LogP contribution in [0, 0.1) is 13.8 Å². The first-order valence-corrected chi connectivity index (χ1v) is 5.21. The summed E-state index contributed by atoms with van der Waals surface area (Å²) >= 11 is 0. The zero-order valence-electron chi connectivity index (χ0n) is 9.67. The van der Waals surface area contributed by atoms with Gasteiger partial charge in [0.05, 0.1) is 6.61 Å². The summed E-state index contributed by atoms with van der Waals surface area (Å²) in [4.78, 5) is 0. The molecular weight excluding hydrogens is 186 g/mol. The van der Waals surface area contributed by atoms with Gasteiger partial charge in [0.2, 0.25) is 0 Å². The standard InChI is InChI=1S/C13H19NO/c1-10-7-11(2)13(5-4-6-14-3)12(8-10)9-15/h4,6-8,14-15H,5,9H2,1-3H3/b6-4-. The molecule has 0 amide bonds. The largest absolute Gasteiger partial charge is 0.394 e. The molecule has 15 heavy (non-hydrogen) atoms. The van der Waals surface area contributed by atoms with Crippen molar-refractivity contribution in [3.05, 3.63) is 46.7 Å². The molecule has 82 valence electrons. The third-order valence-corrected chi connectivity index (χ3v) is 2.49. The van der Waals surface area contributed by atoms with Crippen molar-refractivity contribution in [2.75, 3.05) is 7.05 Å². The first-order chi connectivity index (χ1) is 7.19. The fourth-order valence-electron chi connectivity index (χ4n) is 1.81. The Labute approximate surface area is 91.6 Å². The van der Waals surface area contributed by atoms with Crippen LogP contribution in [0.25, 0.3) is 0 Å². The molecule has 0 aromatic heterocycles. The van der Waals surface area contributed by atoms with Gasteiger partial charge in [-0.05, 0) is 43.2 Å². The first kappa shape index (κ1) is 11.8. The Hall–Kier alpha value is -1.28. The topological polar surface area (TPSA) is 32.3 Å². The quantitative estimate of drug-likeness (QED) is 0.788. The molecule has 2 nitrogen and oxygen atoms in total. The SMILES string of the molecule is CN/C=C\Cc1c(C)cc(C)cc1CO. The fourth-order valence-corrected chi connectivity index (χ4v) is 1.81. The van der Waals surface area contributed by atoms with Crippen molar-refractivity contribution in [2.24, 2.45) is 0 Å². The first-order valence-electron chi connectivity index (χ1n) is 5.21. The van der Waals surface area contributed by atoms with Crippen molar-refractivity contribution in [3.63, 3.8) is 0 Å². The minimum atomic E-state index is 0.116. The van der Waals surface area contributed by atoms with Crippen LogP contribution in [-0.2, 0) is 13.0 Å². The molecule has 2 N–H and O–H groups in total. The van der Waals surface area contributed by atoms with Gasteiger partial charge in [0.1, 0.15) is 0 Å². The van der Waals surface area contributed by atoms with Crippen LogP contribution in [0.2, 0.25) is 0 Å². The molecular formula is C13H19NO. The molecule has 1 aromatic rings. The number of allylic oxidation sites excluding steroid dienone is 1. The van der Waals surface area contributed by atoms with E-state index < -0.39 is 0 Å². The zero-order valence-corrected chi connectivity index (χ0v) is 9.67. The van der Waals surface area contributed by atoms with Crippen molar-refractivity contribution in [2.45, 2.75) is 26.9 Å². The van der Waals surface area contributed by atoms with Gasteiger partial charge in [-0.1, -0.05) is 23.8 Å². The molecule has 0 saturated carbocycles. The fraction of sp³-hybridized carbons (Fsp3) is 0.385. The summed E-state index contributed by atoms with van der Waals surface area (Å²) in [5, 5.41) is 12.2. The monoisotopic (exact) mass is 205 g/mol. The second kappa shape index (κ2) is 5.56. The van der Waals surface area contributed by atoms with Gasteiger partial charge in [-0.25, -0.2) is 0 Å². The van der Waals surface area contributed by atoms with Gasteiger partial charge in [-0.2, -0.15) is 0 Å². The summed E-state index contributed by atoms with van der Waals surface area (Å²) in [6.07, 6.45) is 4.85. The van der Waals surface area contributed by atoms with Crippen molar-refractivity contribution in [1.82, 2.24) is 5.32 Å². The second-order valence-electron chi connectivity index (χ2n) is 3.77. The third kappa shape index (κ3) is 3.10. The van der Waals surface area contributed by atoms with Gasteiger partial charge in [0, 0.05) is 7.05 Å². The average Bonchev–Trinajstić information content (AvgIpc) is 2.20. The van der Waals surface area contributed by atoms with E-state index in [1.54, 1.807) is 0 Å². The third-order valence-electron chi connectivity index (χ3n) is 2.49. The molecule has 0 fully saturated rings. The number of benzene rings is 1. The van der Waals surface area contributed by atoms with Gasteiger partial charge in [-0.3, -0.25) is 0 Å². The molecule has 0 radical (unpaired) electrons. The molecule has 2 heteroatoms. The van der Waals surface area contributed by atoms with Gasteiger partial charge in [0.15, 0.2) is 0 Å². The molecule has 0 heterocycles. The van der Waals surface area contributed by atoms with Crippen LogP contribution < -0.4 is 5.32 Å². The molecule has 0 aliphatic heterocycles. The molecule has 0 spiro atoms. The summed E-state index contributed by atoms with van der Waals surface area (Å²) in [5.41, 5.74) is 4.72. The number of hydrogen-bond donors (Lipinski definition) is 2. The van der Waals surface area contributed by atoms with E-state index in [4.69, 9.17) is 0 Å². The summed E-state index contributed by atoms with van der Waals surface area (Å²) in [5.74, 6) is 0. The highest BCUT2D eigenvalue weighted by molar-refractivity contribution is 5.39. The van der Waals surface area contributed by atoms with Crippen molar-refractivity contribution >= 4 is 0 Å². The van der Waals surface area contributed by atoms with E-state index in [1.165, 1.54) is 16.7 Å². The van der Waals surface area contributed by atoms with Crippen molar-refractivity contribution in [1.29, 1.82) is 0 Å². The maximum Gasteiger partial charge on any atom is 0.0684 e. The van der Waals surface area contributed by atoms with E-state index in [2.05, 4.69) is 37.4 Å². The second-order valence-corrected chi connectivity index (χ2v) is 3.77. The number of hydrogen-bond acceptors (Lipinski definition) is 2. The van der Waals surface area contributed by atoms with Crippen molar-refractivity contribution in [3.8, 4) is 0 Å². The maximum absolute atomic E-state index is 9.28. The number of aryl methyl sites for hydroxylation is 2. The predicted octanol–water partition coefficient (Wildman–Crippen LogP) is 2.07. The summed E-state index contributed by atoms with van der Waals surface area (Å²) < 4.78 is 0. The van der Waals surface area contributed by atoms with E-state index in [0.29, 0.717) is 0 Å². The summed E-state index contributed by atoms with van der Waals surface area (Å²) in [6.45, 7) is 4.26. The number of rotatable bonds is 4. The van der Waals surface area contributed by atoms with E-state index >= 15 is 0 Å². The lowest BCUT2D eigenvalue weighted by atomic mass is 9.97. The summed E-state index contributed by atoms with van der Waals surface area (Å²) in [7, 11) is 1.88. The van der Waals surface area contributed by atoms with Gasteiger partial charge < -0.3 is 10.4 Å². The Morgan fingerprint density at radius 3 is 2.67 bits per heavy atom. The van der Waals surface area contributed by atoms with E-state index in [0.717, 1.165) is 12.0 Å². The van der Waals surface area contributed by atoms with Crippen LogP contribution in [0.3, 0.4) is 0 Å². The minimum absolute atomic E-state index is 0.116. The van der Waals surface area contributed by atoms with Crippen LogP contribution in [0.1, 0.15) is 22.3 Å². The molecule has 0 unspecified atom stereocenters. The Kier molecular flexibility index (Phi) is 4.37. The molecule has 1 rings (SSSR count). The molecule has 0 bridgehead atoms. The lowest BCUT2D eigenvalue weighted by Gasteiger charge is -2.10. The van der Waals surface area contributed by atoms with E-state index in [1.807, 2.05) is 13.2 Å². The lowest BCUT2D eigenvalue weighted by Crippen LogP contribution is -1.99. The highest BCUT2D eigenvalue weighted by Crippen LogP contribution is 2.18. The van der Waals surface area contributed by atoms with Gasteiger partial charge in [-0.15, -0.1) is 0 Å². The molecule has 0 atom stereocenters. The molecule has 1 aromatic carbocycles. The number of aliphatic hydroxyl groups is 1. The highest BCUT2D eigenvalue weighted by Gasteiger charge is 2.04. The molecule has 0 saturated heterocycles. The highest BCUT2D eigenvalue weighted by atomic mass is 16.3. The smallest absolute Gasteiger partial charge is 0.0684 e. The zero-order chi connectivity index (χ0) is 11.3. The maximum atomic E-state index is 9.28.